The van der Waals surface area contributed by atoms with Gasteiger partial charge >= 0.3 is 0 Å². The maximum absolute atomic E-state index is 12.1. The summed E-state index contributed by atoms with van der Waals surface area (Å²) >= 11 is 6.09. The molecule has 0 aliphatic rings. The molecule has 0 fully saturated rings. The summed E-state index contributed by atoms with van der Waals surface area (Å²) < 4.78 is 0. The molecule has 7 nitrogen and oxygen atoms in total. The Labute approximate surface area is 168 Å². The lowest BCUT2D eigenvalue weighted by Crippen LogP contribution is -2.29. The molecule has 1 atom stereocenters. The number of carbonyl (C=O) groups is 1. The molecule has 0 aliphatic carbocycles. The highest BCUT2D eigenvalue weighted by Gasteiger charge is 2.17. The highest BCUT2D eigenvalue weighted by molar-refractivity contribution is 6.31. The van der Waals surface area contributed by atoms with Crippen LogP contribution in [-0.2, 0) is 6.54 Å². The van der Waals surface area contributed by atoms with Crippen molar-refractivity contribution in [1.29, 1.82) is 0 Å². The normalized spacial score (nSPS) is 11.2. The molecule has 9 heteroatoms. The Bertz CT molecular complexity index is 800. The monoisotopic (exact) mass is 412 g/mol. The van der Waals surface area contributed by atoms with E-state index in [0.29, 0.717) is 30.2 Å². The lowest BCUT2D eigenvalue weighted by molar-refractivity contribution is -0.384. The summed E-state index contributed by atoms with van der Waals surface area (Å²) in [5.41, 5.74) is 6.83. The fourth-order valence-electron chi connectivity index (χ4n) is 2.32. The lowest BCUT2D eigenvalue weighted by Gasteiger charge is -2.11. The Hall–Kier alpha value is -2.35. The maximum atomic E-state index is 12.1. The Balaban J connectivity index is 0.00000364. The summed E-state index contributed by atoms with van der Waals surface area (Å²) in [4.78, 5) is 23.0. The van der Waals surface area contributed by atoms with Gasteiger partial charge in [-0.05, 0) is 37.1 Å². The molecule has 0 heterocycles. The molecule has 0 saturated heterocycles. The van der Waals surface area contributed by atoms with Crippen molar-refractivity contribution in [2.24, 2.45) is 5.73 Å². The Morgan fingerprint density at radius 2 is 2.00 bits per heavy atom. The van der Waals surface area contributed by atoms with Gasteiger partial charge < -0.3 is 16.4 Å². The van der Waals surface area contributed by atoms with Crippen molar-refractivity contribution in [3.05, 3.63) is 68.7 Å². The molecule has 2 aromatic rings. The van der Waals surface area contributed by atoms with Crippen LogP contribution in [-0.4, -0.2) is 23.4 Å². The first kappa shape index (κ1) is 22.7. The average Bonchev–Trinajstić information content (AvgIpc) is 2.60. The van der Waals surface area contributed by atoms with Crippen LogP contribution in [0, 0.1) is 10.1 Å². The number of carbonyl (C=O) groups excluding carboxylic acids is 1. The number of halogens is 2. The molecule has 0 aliphatic heterocycles. The average molecular weight is 413 g/mol. The van der Waals surface area contributed by atoms with Crippen LogP contribution in [0.1, 0.15) is 29.3 Å². The smallest absolute Gasteiger partial charge is 0.293 e. The number of anilines is 1. The molecule has 0 spiro atoms. The van der Waals surface area contributed by atoms with Gasteiger partial charge in [-0.25, -0.2) is 0 Å². The summed E-state index contributed by atoms with van der Waals surface area (Å²) in [7, 11) is 0. The number of nitrogens with two attached hydrogens (primary N) is 1. The number of hydrogen-bond acceptors (Lipinski definition) is 5. The van der Waals surface area contributed by atoms with Gasteiger partial charge in [0, 0.05) is 35.8 Å². The van der Waals surface area contributed by atoms with Crippen LogP contribution in [0.5, 0.6) is 0 Å². The van der Waals surface area contributed by atoms with Crippen LogP contribution in [0.25, 0.3) is 0 Å². The number of rotatable bonds is 8. The van der Waals surface area contributed by atoms with Crippen molar-refractivity contribution in [2.75, 3.05) is 11.9 Å². The van der Waals surface area contributed by atoms with Gasteiger partial charge in [0.05, 0.1) is 4.92 Å². The predicted octanol–water partition coefficient (Wildman–Crippen LogP) is 3.75. The fraction of sp³-hybridized carbons (Fsp3) is 0.278. The zero-order valence-corrected chi connectivity index (χ0v) is 16.3. The van der Waals surface area contributed by atoms with Gasteiger partial charge in [0.1, 0.15) is 5.69 Å². The molecule has 0 radical (unpaired) electrons. The van der Waals surface area contributed by atoms with E-state index < -0.39 is 4.92 Å². The Morgan fingerprint density at radius 1 is 1.30 bits per heavy atom. The van der Waals surface area contributed by atoms with Gasteiger partial charge in [0.2, 0.25) is 0 Å². The molecule has 0 saturated carbocycles. The first-order chi connectivity index (χ1) is 12.4. The summed E-state index contributed by atoms with van der Waals surface area (Å²) in [6, 6.07) is 11.5. The quantitative estimate of drug-likeness (QED) is 0.451. The number of benzene rings is 2. The number of hydrogen-bond donors (Lipinski definition) is 3. The van der Waals surface area contributed by atoms with Crippen molar-refractivity contribution in [3.63, 3.8) is 0 Å². The molecule has 27 heavy (non-hydrogen) atoms. The van der Waals surface area contributed by atoms with Crippen LogP contribution in [0.4, 0.5) is 11.4 Å². The highest BCUT2D eigenvalue weighted by Crippen LogP contribution is 2.27. The summed E-state index contributed by atoms with van der Waals surface area (Å²) in [5, 5.41) is 17.6. The van der Waals surface area contributed by atoms with Crippen LogP contribution >= 0.6 is 24.0 Å². The van der Waals surface area contributed by atoms with Crippen molar-refractivity contribution in [1.82, 2.24) is 5.32 Å². The van der Waals surface area contributed by atoms with Crippen molar-refractivity contribution in [3.8, 4) is 0 Å². The number of nitro groups is 1. The summed E-state index contributed by atoms with van der Waals surface area (Å²) in [5.74, 6) is -0.369. The SMILES string of the molecule is CC(N)CCNC(=O)c1ccc(NCc2ccccc2Cl)c([N+](=O)[O-])c1.Cl. The predicted molar refractivity (Wildman–Crippen MR) is 110 cm³/mol. The minimum absolute atomic E-state index is 0. The molecular weight excluding hydrogens is 391 g/mol. The zero-order chi connectivity index (χ0) is 19.1. The molecule has 2 rings (SSSR count). The maximum Gasteiger partial charge on any atom is 0.293 e. The molecule has 2 aromatic carbocycles. The summed E-state index contributed by atoms with van der Waals surface area (Å²) in [6.45, 7) is 2.59. The number of nitro benzene ring substituents is 1. The van der Waals surface area contributed by atoms with Crippen LogP contribution in [0.2, 0.25) is 5.02 Å². The van der Waals surface area contributed by atoms with E-state index in [1.54, 1.807) is 12.1 Å². The van der Waals surface area contributed by atoms with Crippen LogP contribution in [0.15, 0.2) is 42.5 Å². The highest BCUT2D eigenvalue weighted by atomic mass is 35.5. The second-order valence-electron chi connectivity index (χ2n) is 5.96. The topological polar surface area (TPSA) is 110 Å². The van der Waals surface area contributed by atoms with Gasteiger partial charge in [-0.15, -0.1) is 12.4 Å². The van der Waals surface area contributed by atoms with Crippen molar-refractivity contribution < 1.29 is 9.72 Å². The van der Waals surface area contributed by atoms with E-state index in [1.807, 2.05) is 25.1 Å². The van der Waals surface area contributed by atoms with E-state index in [-0.39, 0.29) is 35.6 Å². The molecule has 4 N–H and O–H groups in total. The minimum atomic E-state index is -0.520. The van der Waals surface area contributed by atoms with Gasteiger partial charge in [0.25, 0.3) is 11.6 Å². The van der Waals surface area contributed by atoms with Crippen LogP contribution in [0.3, 0.4) is 0 Å². The van der Waals surface area contributed by atoms with Crippen LogP contribution < -0.4 is 16.4 Å². The van der Waals surface area contributed by atoms with E-state index >= 15 is 0 Å². The number of nitrogens with one attached hydrogen (secondary N) is 2. The van der Waals surface area contributed by atoms with Gasteiger partial charge in [-0.3, -0.25) is 14.9 Å². The standard InChI is InChI=1S/C18H21ClN4O3.ClH/c1-12(20)8-9-21-18(24)13-6-7-16(17(10-13)23(25)26)22-11-14-4-2-3-5-15(14)19;/h2-7,10,12,22H,8-9,11,20H2,1H3,(H,21,24);1H. The first-order valence-corrected chi connectivity index (χ1v) is 8.55. The lowest BCUT2D eigenvalue weighted by atomic mass is 10.1. The van der Waals surface area contributed by atoms with Gasteiger partial charge in [-0.1, -0.05) is 29.8 Å². The zero-order valence-electron chi connectivity index (χ0n) is 14.8. The molecule has 1 amide bonds. The fourth-order valence-corrected chi connectivity index (χ4v) is 2.52. The van der Waals surface area contributed by atoms with Crippen molar-refractivity contribution in [2.45, 2.75) is 25.9 Å². The van der Waals surface area contributed by atoms with Crippen molar-refractivity contribution >= 4 is 41.3 Å². The molecular formula is C18H22Cl2N4O3. The summed E-state index contributed by atoms with van der Waals surface area (Å²) in [6.07, 6.45) is 0.630. The van der Waals surface area contributed by atoms with E-state index in [1.165, 1.54) is 12.1 Å². The second kappa shape index (κ2) is 10.7. The second-order valence-corrected chi connectivity index (χ2v) is 6.36. The van der Waals surface area contributed by atoms with E-state index in [4.69, 9.17) is 17.3 Å². The minimum Gasteiger partial charge on any atom is -0.375 e. The number of amides is 1. The third-order valence-corrected chi connectivity index (χ3v) is 4.14. The first-order valence-electron chi connectivity index (χ1n) is 8.18. The van der Waals surface area contributed by atoms with E-state index in [9.17, 15) is 14.9 Å². The third kappa shape index (κ3) is 6.71. The Kier molecular flexibility index (Phi) is 9.00. The van der Waals surface area contributed by atoms with E-state index in [2.05, 4.69) is 10.6 Å². The van der Waals surface area contributed by atoms with E-state index in [0.717, 1.165) is 5.56 Å². The largest absolute Gasteiger partial charge is 0.375 e. The molecule has 0 bridgehead atoms. The van der Waals surface area contributed by atoms with Gasteiger partial charge in [0.15, 0.2) is 0 Å². The Morgan fingerprint density at radius 3 is 2.63 bits per heavy atom. The third-order valence-electron chi connectivity index (χ3n) is 3.77. The molecule has 146 valence electrons. The van der Waals surface area contributed by atoms with Gasteiger partial charge in [-0.2, -0.15) is 0 Å². The number of nitrogens with zero attached hydrogens (tertiary/aromatic N) is 1. The molecule has 1 unspecified atom stereocenters. The molecule has 0 aromatic heterocycles.